The number of Topliss-reactive ketones (excluding diaryl/α,β-unsaturated/α-hetero) is 1. The molecule has 0 amide bonds. The summed E-state index contributed by atoms with van der Waals surface area (Å²) >= 11 is 0. The SMILES string of the molecule is Br.CCOC(=O)Cc1ccc(Cn2c(=N)n(CC(=O)c3cc(C(C)(C)C)c(O)c(C(C)(C)C)c3)c3ccccc32)cc1. The van der Waals surface area contributed by atoms with E-state index in [-0.39, 0.29) is 63.9 Å². The molecule has 0 unspecified atom stereocenters. The van der Waals surface area contributed by atoms with Crippen molar-refractivity contribution in [2.24, 2.45) is 0 Å². The zero-order chi connectivity index (χ0) is 30.1. The Balaban J connectivity index is 0.00000484. The van der Waals surface area contributed by atoms with Gasteiger partial charge in [0.25, 0.3) is 0 Å². The number of ether oxygens (including phenoxy) is 1. The summed E-state index contributed by atoms with van der Waals surface area (Å²) in [6.07, 6.45) is 0.220. The van der Waals surface area contributed by atoms with Crippen LogP contribution in [0.4, 0.5) is 0 Å². The van der Waals surface area contributed by atoms with E-state index >= 15 is 0 Å². The number of benzene rings is 3. The van der Waals surface area contributed by atoms with Crippen molar-refractivity contribution in [1.29, 1.82) is 5.41 Å². The fourth-order valence-corrected chi connectivity index (χ4v) is 5.11. The molecular weight excluding hydrogens is 594 g/mol. The molecule has 2 N–H and O–H groups in total. The molecule has 0 fully saturated rings. The lowest BCUT2D eigenvalue weighted by molar-refractivity contribution is -0.142. The van der Waals surface area contributed by atoms with Crippen LogP contribution in [0.2, 0.25) is 0 Å². The lowest BCUT2D eigenvalue weighted by atomic mass is 9.78. The molecule has 0 atom stereocenters. The molecule has 0 aliphatic carbocycles. The first-order valence-electron chi connectivity index (χ1n) is 14.1. The lowest BCUT2D eigenvalue weighted by Crippen LogP contribution is -2.28. The first-order valence-corrected chi connectivity index (χ1v) is 14.1. The first kappa shape index (κ1) is 32.9. The third kappa shape index (κ3) is 7.04. The van der Waals surface area contributed by atoms with Gasteiger partial charge in [0.2, 0.25) is 5.62 Å². The van der Waals surface area contributed by atoms with Crippen LogP contribution < -0.4 is 5.62 Å². The average Bonchev–Trinajstić information content (AvgIpc) is 3.14. The number of fused-ring (bicyclic) bond motifs is 1. The molecular formula is C34H42BrN3O4. The minimum absolute atomic E-state index is 0. The van der Waals surface area contributed by atoms with Crippen molar-refractivity contribution in [3.05, 3.63) is 94.1 Å². The van der Waals surface area contributed by atoms with Gasteiger partial charge in [0, 0.05) is 16.7 Å². The Hall–Kier alpha value is -3.65. The summed E-state index contributed by atoms with van der Waals surface area (Å²) in [5.41, 5.74) is 5.03. The number of ketones is 1. The molecule has 0 aliphatic rings. The third-order valence-electron chi connectivity index (χ3n) is 7.34. The van der Waals surface area contributed by atoms with E-state index in [1.54, 1.807) is 23.6 Å². The number of nitrogens with one attached hydrogen (secondary N) is 1. The number of para-hydroxylation sites is 2. The highest BCUT2D eigenvalue weighted by Gasteiger charge is 2.28. The van der Waals surface area contributed by atoms with Gasteiger partial charge in [0.05, 0.1) is 37.2 Å². The summed E-state index contributed by atoms with van der Waals surface area (Å²) < 4.78 is 8.68. The van der Waals surface area contributed by atoms with Crippen LogP contribution in [0.1, 0.15) is 81.1 Å². The number of carbonyl (C=O) groups excluding carboxylic acids is 2. The van der Waals surface area contributed by atoms with Crippen molar-refractivity contribution < 1.29 is 19.4 Å². The highest BCUT2D eigenvalue weighted by atomic mass is 79.9. The van der Waals surface area contributed by atoms with Crippen molar-refractivity contribution in [3.8, 4) is 5.75 Å². The van der Waals surface area contributed by atoms with Crippen LogP contribution in [-0.2, 0) is 39.9 Å². The summed E-state index contributed by atoms with van der Waals surface area (Å²) in [6.45, 7) is 14.7. The zero-order valence-corrected chi connectivity index (χ0v) is 27.3. The van der Waals surface area contributed by atoms with Crippen LogP contribution >= 0.6 is 17.0 Å². The van der Waals surface area contributed by atoms with E-state index in [9.17, 15) is 14.7 Å². The van der Waals surface area contributed by atoms with E-state index in [2.05, 4.69) is 0 Å². The van der Waals surface area contributed by atoms with E-state index in [4.69, 9.17) is 10.1 Å². The maximum Gasteiger partial charge on any atom is 0.310 e. The second-order valence-corrected chi connectivity index (χ2v) is 12.6. The summed E-state index contributed by atoms with van der Waals surface area (Å²) in [4.78, 5) is 25.6. The molecule has 4 rings (SSSR count). The van der Waals surface area contributed by atoms with Gasteiger partial charge in [-0.25, -0.2) is 0 Å². The monoisotopic (exact) mass is 635 g/mol. The van der Waals surface area contributed by atoms with Crippen LogP contribution in [0.5, 0.6) is 5.75 Å². The number of hydrogen-bond donors (Lipinski definition) is 2. The van der Waals surface area contributed by atoms with Gasteiger partial charge in [-0.1, -0.05) is 77.9 Å². The zero-order valence-electron chi connectivity index (χ0n) is 25.6. The Labute approximate surface area is 258 Å². The van der Waals surface area contributed by atoms with Gasteiger partial charge < -0.3 is 19.0 Å². The van der Waals surface area contributed by atoms with Crippen LogP contribution in [0, 0.1) is 5.41 Å². The number of phenols is 1. The molecule has 0 aliphatic heterocycles. The number of halogens is 1. The highest BCUT2D eigenvalue weighted by Crippen LogP contribution is 2.40. The molecule has 0 spiro atoms. The normalized spacial score (nSPS) is 11.8. The Morgan fingerprint density at radius 3 is 1.83 bits per heavy atom. The number of phenolic OH excluding ortho intramolecular Hbond substituents is 1. The second-order valence-electron chi connectivity index (χ2n) is 12.6. The van der Waals surface area contributed by atoms with Gasteiger partial charge in [-0.2, -0.15) is 0 Å². The molecule has 224 valence electrons. The molecule has 0 saturated carbocycles. The van der Waals surface area contributed by atoms with Crippen LogP contribution in [0.3, 0.4) is 0 Å². The fraction of sp³-hybridized carbons (Fsp3) is 0.382. The van der Waals surface area contributed by atoms with E-state index in [0.717, 1.165) is 33.3 Å². The van der Waals surface area contributed by atoms with Gasteiger partial charge in [-0.15, -0.1) is 17.0 Å². The maximum atomic E-state index is 13.8. The maximum absolute atomic E-state index is 13.8. The topological polar surface area (TPSA) is 97.3 Å². The number of aromatic hydroxyl groups is 1. The van der Waals surface area contributed by atoms with Crippen LogP contribution in [-0.4, -0.2) is 32.6 Å². The average molecular weight is 637 g/mol. The Kier molecular flexibility index (Phi) is 9.93. The van der Waals surface area contributed by atoms with Crippen LogP contribution in [0.25, 0.3) is 11.0 Å². The molecule has 0 saturated heterocycles. The second kappa shape index (κ2) is 12.7. The molecule has 42 heavy (non-hydrogen) atoms. The summed E-state index contributed by atoms with van der Waals surface area (Å²) in [5.74, 6) is -0.139. The quantitative estimate of drug-likeness (QED) is 0.164. The van der Waals surface area contributed by atoms with E-state index in [1.807, 2.05) is 94.6 Å². The molecule has 0 bridgehead atoms. The standard InChI is InChI=1S/C34H41N3O4.BrH/c1-8-41-30(39)17-22-13-15-23(16-14-22)20-36-27-11-9-10-12-28(27)37(32(36)35)21-29(38)24-18-25(33(2,3)4)31(40)26(19-24)34(5,6)7;/h9-16,18-19,35,40H,8,17,20-21H2,1-7H3;1H. The Bertz CT molecular complexity index is 1620. The number of rotatable bonds is 8. The first-order chi connectivity index (χ1) is 19.2. The minimum atomic E-state index is -0.351. The van der Waals surface area contributed by atoms with Gasteiger partial charge in [-0.05, 0) is 53.1 Å². The van der Waals surface area contributed by atoms with Crippen molar-refractivity contribution in [2.45, 2.75) is 78.8 Å². The highest BCUT2D eigenvalue weighted by molar-refractivity contribution is 8.93. The van der Waals surface area contributed by atoms with Gasteiger partial charge in [0.15, 0.2) is 5.78 Å². The predicted molar refractivity (Wildman–Crippen MR) is 172 cm³/mol. The number of nitrogens with zero attached hydrogens (tertiary/aromatic N) is 2. The third-order valence-corrected chi connectivity index (χ3v) is 7.34. The Morgan fingerprint density at radius 2 is 1.33 bits per heavy atom. The van der Waals surface area contributed by atoms with Gasteiger partial charge in [-0.3, -0.25) is 15.0 Å². The number of esters is 1. The Morgan fingerprint density at radius 1 is 0.833 bits per heavy atom. The van der Waals surface area contributed by atoms with Gasteiger partial charge in [0.1, 0.15) is 5.75 Å². The molecule has 3 aromatic carbocycles. The summed E-state index contributed by atoms with van der Waals surface area (Å²) in [7, 11) is 0. The molecule has 7 nitrogen and oxygen atoms in total. The number of carbonyl (C=O) groups is 2. The summed E-state index contributed by atoms with van der Waals surface area (Å²) in [6, 6.07) is 19.0. The fourth-order valence-electron chi connectivity index (χ4n) is 5.11. The van der Waals surface area contributed by atoms with Gasteiger partial charge >= 0.3 is 5.97 Å². The van der Waals surface area contributed by atoms with Crippen molar-refractivity contribution in [2.75, 3.05) is 6.61 Å². The van der Waals surface area contributed by atoms with Crippen molar-refractivity contribution in [3.63, 3.8) is 0 Å². The molecule has 8 heteroatoms. The molecule has 4 aromatic rings. The van der Waals surface area contributed by atoms with E-state index < -0.39 is 0 Å². The van der Waals surface area contributed by atoms with Crippen LogP contribution in [0.15, 0.2) is 60.7 Å². The minimum Gasteiger partial charge on any atom is -0.507 e. The predicted octanol–water partition coefficient (Wildman–Crippen LogP) is 6.84. The van der Waals surface area contributed by atoms with E-state index in [1.165, 1.54) is 0 Å². The number of imidazole rings is 1. The molecule has 1 aromatic heterocycles. The summed E-state index contributed by atoms with van der Waals surface area (Å²) in [5, 5.41) is 20.1. The van der Waals surface area contributed by atoms with Crippen molar-refractivity contribution >= 4 is 39.8 Å². The number of hydrogen-bond acceptors (Lipinski definition) is 5. The lowest BCUT2D eigenvalue weighted by Gasteiger charge is -2.28. The smallest absolute Gasteiger partial charge is 0.310 e. The number of aromatic nitrogens is 2. The molecule has 1 heterocycles. The van der Waals surface area contributed by atoms with E-state index in [0.29, 0.717) is 18.7 Å². The molecule has 0 radical (unpaired) electrons. The van der Waals surface area contributed by atoms with Crippen molar-refractivity contribution in [1.82, 2.24) is 9.13 Å². The largest absolute Gasteiger partial charge is 0.507 e.